The molecule has 120 valence electrons. The second-order valence-electron chi connectivity index (χ2n) is 7.18. The van der Waals surface area contributed by atoms with Gasteiger partial charge in [0, 0.05) is 5.56 Å². The Kier molecular flexibility index (Phi) is 3.51. The van der Waals surface area contributed by atoms with Crippen molar-refractivity contribution in [2.75, 3.05) is 0 Å². The molecule has 1 aromatic carbocycles. The molecule has 3 heteroatoms. The molecule has 0 spiro atoms. The number of rotatable bonds is 2. The lowest BCUT2D eigenvalue weighted by Crippen LogP contribution is -2.32. The molecule has 0 aromatic heterocycles. The number of phenolic OH excluding ortho intramolecular Hbond substituents is 1. The molecule has 0 bridgehead atoms. The number of aliphatic hydroxyl groups excluding tert-OH is 1. The fourth-order valence-corrected chi connectivity index (χ4v) is 5.06. The van der Waals surface area contributed by atoms with Crippen LogP contribution >= 0.6 is 0 Å². The van der Waals surface area contributed by atoms with Gasteiger partial charge in [-0.05, 0) is 84.8 Å². The summed E-state index contributed by atoms with van der Waals surface area (Å²) in [5, 5.41) is 19.5. The molecule has 1 saturated carbocycles. The second-order valence-corrected chi connectivity index (χ2v) is 7.18. The molecule has 3 nitrogen and oxygen atoms in total. The van der Waals surface area contributed by atoms with Crippen LogP contribution in [-0.4, -0.2) is 16.5 Å². The molecule has 0 heterocycles. The zero-order chi connectivity index (χ0) is 16.0. The molecular weight excluding hydrogens is 288 g/mol. The zero-order valence-electron chi connectivity index (χ0n) is 13.1. The van der Waals surface area contributed by atoms with Gasteiger partial charge in [-0.2, -0.15) is 0 Å². The molecular formula is C20H22O3. The standard InChI is InChI=1S/C20H22O3/c21-11-13-8-15(23)9-20-17-3-1-2-16(17)18(10-19(13)20)12-4-6-14(22)7-5-12/h4,6-9,11-12,16-18,22-23H,1-3,5,10H2/t12?,16-,17+,18-/m0/s1. The summed E-state index contributed by atoms with van der Waals surface area (Å²) in [6.45, 7) is 0. The van der Waals surface area contributed by atoms with Gasteiger partial charge >= 0.3 is 0 Å². The van der Waals surface area contributed by atoms with Crippen LogP contribution in [0.5, 0.6) is 5.75 Å². The van der Waals surface area contributed by atoms with Crippen LogP contribution in [0.3, 0.4) is 0 Å². The first kappa shape index (κ1) is 14.6. The number of phenols is 1. The molecule has 3 aliphatic carbocycles. The van der Waals surface area contributed by atoms with Crippen molar-refractivity contribution in [2.45, 2.75) is 38.0 Å². The Morgan fingerprint density at radius 1 is 1.13 bits per heavy atom. The highest BCUT2D eigenvalue weighted by atomic mass is 16.3. The summed E-state index contributed by atoms with van der Waals surface area (Å²) in [6.07, 6.45) is 12.1. The van der Waals surface area contributed by atoms with E-state index in [1.807, 2.05) is 18.2 Å². The minimum atomic E-state index is 0.209. The summed E-state index contributed by atoms with van der Waals surface area (Å²) in [5.74, 6) is 2.59. The molecule has 4 rings (SSSR count). The predicted octanol–water partition coefficient (Wildman–Crippen LogP) is 4.28. The Morgan fingerprint density at radius 3 is 2.74 bits per heavy atom. The van der Waals surface area contributed by atoms with Gasteiger partial charge in [0.05, 0.1) is 0 Å². The van der Waals surface area contributed by atoms with Gasteiger partial charge in [-0.15, -0.1) is 0 Å². The molecule has 1 aromatic rings. The van der Waals surface area contributed by atoms with Crippen LogP contribution in [0.25, 0.3) is 0 Å². The Morgan fingerprint density at radius 2 is 2.00 bits per heavy atom. The number of hydrogen-bond acceptors (Lipinski definition) is 3. The van der Waals surface area contributed by atoms with Gasteiger partial charge < -0.3 is 10.2 Å². The zero-order valence-corrected chi connectivity index (χ0v) is 13.1. The molecule has 4 atom stereocenters. The largest absolute Gasteiger partial charge is 0.508 e. The lowest BCUT2D eigenvalue weighted by Gasteiger charge is -2.40. The van der Waals surface area contributed by atoms with Gasteiger partial charge in [-0.1, -0.05) is 12.5 Å². The molecule has 0 amide bonds. The SMILES string of the molecule is O=Cc1cc(O)cc2c1C[C@@H](C1C=CC(O)=CC1)[C@H]1CCC[C@@H]21. The molecule has 1 unspecified atom stereocenters. The van der Waals surface area contributed by atoms with Gasteiger partial charge in [0.1, 0.15) is 17.8 Å². The monoisotopic (exact) mass is 310 g/mol. The topological polar surface area (TPSA) is 57.5 Å². The number of carbonyl (C=O) groups excluding carboxylic acids is 1. The van der Waals surface area contributed by atoms with Crippen molar-refractivity contribution in [3.63, 3.8) is 0 Å². The minimum Gasteiger partial charge on any atom is -0.508 e. The van der Waals surface area contributed by atoms with Crippen LogP contribution in [0.15, 0.2) is 36.1 Å². The van der Waals surface area contributed by atoms with Gasteiger partial charge in [-0.25, -0.2) is 0 Å². The smallest absolute Gasteiger partial charge is 0.150 e. The number of aliphatic hydroxyl groups is 1. The summed E-state index contributed by atoms with van der Waals surface area (Å²) in [7, 11) is 0. The van der Waals surface area contributed by atoms with E-state index in [4.69, 9.17) is 0 Å². The van der Waals surface area contributed by atoms with E-state index in [2.05, 4.69) is 6.08 Å². The number of fused-ring (bicyclic) bond motifs is 3. The summed E-state index contributed by atoms with van der Waals surface area (Å²) in [6, 6.07) is 3.48. The Bertz CT molecular complexity index is 701. The molecule has 2 N–H and O–H groups in total. The van der Waals surface area contributed by atoms with Crippen LogP contribution in [0, 0.1) is 17.8 Å². The maximum Gasteiger partial charge on any atom is 0.150 e. The number of hydrogen-bond donors (Lipinski definition) is 2. The number of allylic oxidation sites excluding steroid dienone is 3. The van der Waals surface area contributed by atoms with Crippen LogP contribution in [0.2, 0.25) is 0 Å². The highest BCUT2D eigenvalue weighted by Gasteiger charge is 2.43. The fraction of sp³-hybridized carbons (Fsp3) is 0.450. The average molecular weight is 310 g/mol. The first-order chi connectivity index (χ1) is 11.2. The van der Waals surface area contributed by atoms with Crippen molar-refractivity contribution in [3.8, 4) is 5.75 Å². The fourth-order valence-electron chi connectivity index (χ4n) is 5.06. The van der Waals surface area contributed by atoms with E-state index in [1.165, 1.54) is 18.4 Å². The second kappa shape index (κ2) is 5.55. The van der Waals surface area contributed by atoms with Crippen molar-refractivity contribution >= 4 is 6.29 Å². The maximum absolute atomic E-state index is 11.5. The Balaban J connectivity index is 1.75. The first-order valence-corrected chi connectivity index (χ1v) is 8.55. The van der Waals surface area contributed by atoms with E-state index in [9.17, 15) is 15.0 Å². The molecule has 1 fully saturated rings. The molecule has 0 saturated heterocycles. The van der Waals surface area contributed by atoms with Gasteiger partial charge in [0.2, 0.25) is 0 Å². The molecule has 0 aliphatic heterocycles. The number of benzene rings is 1. The van der Waals surface area contributed by atoms with Gasteiger partial charge in [0.15, 0.2) is 0 Å². The van der Waals surface area contributed by atoms with Crippen molar-refractivity contribution in [3.05, 3.63) is 52.8 Å². The van der Waals surface area contributed by atoms with E-state index in [0.717, 1.165) is 31.1 Å². The van der Waals surface area contributed by atoms with Crippen LogP contribution < -0.4 is 0 Å². The summed E-state index contributed by atoms with van der Waals surface area (Å²) < 4.78 is 0. The molecule has 0 radical (unpaired) electrons. The highest BCUT2D eigenvalue weighted by Crippen LogP contribution is 2.53. The van der Waals surface area contributed by atoms with Crippen molar-refractivity contribution < 1.29 is 15.0 Å². The minimum absolute atomic E-state index is 0.209. The third kappa shape index (κ3) is 2.39. The van der Waals surface area contributed by atoms with Crippen molar-refractivity contribution in [1.82, 2.24) is 0 Å². The normalized spacial score (nSPS) is 32.1. The number of aromatic hydroxyl groups is 1. The van der Waals surface area contributed by atoms with E-state index < -0.39 is 0 Å². The lowest BCUT2D eigenvalue weighted by atomic mass is 9.64. The highest BCUT2D eigenvalue weighted by molar-refractivity contribution is 5.79. The third-order valence-corrected chi connectivity index (χ3v) is 6.05. The summed E-state index contributed by atoms with van der Waals surface area (Å²) in [5.41, 5.74) is 2.98. The van der Waals surface area contributed by atoms with E-state index in [-0.39, 0.29) is 5.75 Å². The Hall–Kier alpha value is -2.03. The summed E-state index contributed by atoms with van der Waals surface area (Å²) in [4.78, 5) is 11.5. The van der Waals surface area contributed by atoms with E-state index in [0.29, 0.717) is 35.0 Å². The van der Waals surface area contributed by atoms with Crippen molar-refractivity contribution in [1.29, 1.82) is 0 Å². The van der Waals surface area contributed by atoms with Crippen LogP contribution in [0.4, 0.5) is 0 Å². The van der Waals surface area contributed by atoms with Crippen LogP contribution in [-0.2, 0) is 6.42 Å². The van der Waals surface area contributed by atoms with Gasteiger partial charge in [0.25, 0.3) is 0 Å². The predicted molar refractivity (Wildman–Crippen MR) is 88.7 cm³/mol. The molecule has 23 heavy (non-hydrogen) atoms. The number of aldehydes is 1. The Labute approximate surface area is 136 Å². The third-order valence-electron chi connectivity index (χ3n) is 6.05. The first-order valence-electron chi connectivity index (χ1n) is 8.55. The molecule has 3 aliphatic rings. The lowest BCUT2D eigenvalue weighted by molar-refractivity contribution is 0.112. The average Bonchev–Trinajstić information content (AvgIpc) is 3.04. The van der Waals surface area contributed by atoms with E-state index >= 15 is 0 Å². The van der Waals surface area contributed by atoms with Gasteiger partial charge in [-0.3, -0.25) is 4.79 Å². The summed E-state index contributed by atoms with van der Waals surface area (Å²) >= 11 is 0. The maximum atomic E-state index is 11.5. The number of carbonyl (C=O) groups is 1. The van der Waals surface area contributed by atoms with Crippen molar-refractivity contribution in [2.24, 2.45) is 17.8 Å². The quantitative estimate of drug-likeness (QED) is 0.802. The van der Waals surface area contributed by atoms with Crippen LogP contribution in [0.1, 0.15) is 53.1 Å². The van der Waals surface area contributed by atoms with E-state index in [1.54, 1.807) is 6.07 Å².